The number of carbonyl (C=O) groups is 1. The number of hydrogen-bond donors (Lipinski definition) is 1. The summed E-state index contributed by atoms with van der Waals surface area (Å²) in [5.74, 6) is 6.25. The second kappa shape index (κ2) is 11.6. The molecule has 0 saturated carbocycles. The number of anilines is 2. The molecule has 41 heavy (non-hydrogen) atoms. The molecule has 2 aromatic heterocycles. The Bertz CT molecular complexity index is 1530. The van der Waals surface area contributed by atoms with Gasteiger partial charge in [-0.2, -0.15) is 13.2 Å². The fraction of sp³-hybridized carbons (Fsp3) is 0.323. The third-order valence-corrected chi connectivity index (χ3v) is 7.15. The fourth-order valence-corrected chi connectivity index (χ4v) is 4.73. The number of aryl methyl sites for hydroxylation is 1. The Labute approximate surface area is 237 Å². The Morgan fingerprint density at radius 1 is 1.12 bits per heavy atom. The van der Waals surface area contributed by atoms with Crippen LogP contribution in [0.1, 0.15) is 34.2 Å². The van der Waals surface area contributed by atoms with Gasteiger partial charge in [0, 0.05) is 61.1 Å². The molecule has 0 bridgehead atoms. The van der Waals surface area contributed by atoms with Gasteiger partial charge in [-0.05, 0) is 61.2 Å². The zero-order chi connectivity index (χ0) is 29.1. The molecule has 10 heteroatoms. The summed E-state index contributed by atoms with van der Waals surface area (Å²) in [4.78, 5) is 25.3. The lowest BCUT2D eigenvalue weighted by atomic mass is 9.99. The second-order valence-electron chi connectivity index (χ2n) is 10.2. The zero-order valence-corrected chi connectivity index (χ0v) is 22.9. The van der Waals surface area contributed by atoms with E-state index in [1.165, 1.54) is 6.07 Å². The lowest BCUT2D eigenvalue weighted by Gasteiger charge is -2.38. The summed E-state index contributed by atoms with van der Waals surface area (Å²) in [7, 11) is 0. The number of aromatic nitrogens is 2. The van der Waals surface area contributed by atoms with Gasteiger partial charge in [0.25, 0.3) is 5.91 Å². The van der Waals surface area contributed by atoms with Gasteiger partial charge in [-0.15, -0.1) is 0 Å². The molecule has 0 atom stereocenters. The highest BCUT2D eigenvalue weighted by Crippen LogP contribution is 2.32. The molecule has 7 nitrogen and oxygen atoms in total. The first-order valence-electron chi connectivity index (χ1n) is 13.3. The van der Waals surface area contributed by atoms with Crippen LogP contribution in [0.2, 0.25) is 0 Å². The molecule has 0 aliphatic carbocycles. The molecule has 0 unspecified atom stereocenters. The average Bonchev–Trinajstić information content (AvgIpc) is 2.93. The molecule has 212 valence electrons. The van der Waals surface area contributed by atoms with E-state index in [9.17, 15) is 18.0 Å². The van der Waals surface area contributed by atoms with Crippen molar-refractivity contribution in [2.75, 3.05) is 49.6 Å². The van der Waals surface area contributed by atoms with E-state index >= 15 is 0 Å². The number of benzene rings is 1. The summed E-state index contributed by atoms with van der Waals surface area (Å²) in [6.45, 7) is 12.3. The number of hydrogen-bond acceptors (Lipinski definition) is 6. The van der Waals surface area contributed by atoms with Crippen LogP contribution in [-0.4, -0.2) is 60.2 Å². The van der Waals surface area contributed by atoms with Crippen LogP contribution >= 0.6 is 0 Å². The van der Waals surface area contributed by atoms with Gasteiger partial charge in [-0.1, -0.05) is 18.6 Å². The molecule has 2 aliphatic rings. The van der Waals surface area contributed by atoms with E-state index in [0.29, 0.717) is 37.7 Å². The molecule has 0 radical (unpaired) electrons. The van der Waals surface area contributed by atoms with Crippen molar-refractivity contribution in [1.82, 2.24) is 14.9 Å². The highest BCUT2D eigenvalue weighted by Gasteiger charge is 2.33. The van der Waals surface area contributed by atoms with E-state index in [1.807, 2.05) is 19.9 Å². The molecule has 1 amide bonds. The van der Waals surface area contributed by atoms with E-state index in [2.05, 4.69) is 44.6 Å². The summed E-state index contributed by atoms with van der Waals surface area (Å²) in [5.41, 5.74) is 4.48. The van der Waals surface area contributed by atoms with Crippen molar-refractivity contribution in [3.8, 4) is 23.0 Å². The molecule has 2 fully saturated rings. The maximum Gasteiger partial charge on any atom is 0.433 e. The summed E-state index contributed by atoms with van der Waals surface area (Å²) in [5, 5.41) is 2.71. The first kappa shape index (κ1) is 28.2. The van der Waals surface area contributed by atoms with Gasteiger partial charge in [0.05, 0.1) is 24.8 Å². The van der Waals surface area contributed by atoms with Gasteiger partial charge < -0.3 is 19.9 Å². The lowest BCUT2D eigenvalue weighted by molar-refractivity contribution is -0.141. The van der Waals surface area contributed by atoms with E-state index in [-0.39, 0.29) is 11.5 Å². The summed E-state index contributed by atoms with van der Waals surface area (Å²) in [6, 6.07) is 9.40. The maximum absolute atomic E-state index is 13.1. The molecule has 3 aromatic rings. The molecular formula is C31H30F3N5O2. The number of alkyl halides is 3. The van der Waals surface area contributed by atoms with E-state index < -0.39 is 17.8 Å². The normalized spacial score (nSPS) is 15.5. The van der Waals surface area contributed by atoms with E-state index in [1.54, 1.807) is 18.3 Å². The van der Waals surface area contributed by atoms with Crippen LogP contribution < -0.4 is 10.2 Å². The van der Waals surface area contributed by atoms with Gasteiger partial charge in [-0.25, -0.2) is 4.98 Å². The van der Waals surface area contributed by atoms with Crippen molar-refractivity contribution < 1.29 is 22.7 Å². The molecule has 0 spiro atoms. The minimum absolute atomic E-state index is 0.133. The number of morpholine rings is 1. The summed E-state index contributed by atoms with van der Waals surface area (Å²) in [6.07, 6.45) is -1.90. The minimum atomic E-state index is -4.64. The summed E-state index contributed by atoms with van der Waals surface area (Å²) < 4.78 is 44.8. The highest BCUT2D eigenvalue weighted by atomic mass is 19.4. The first-order chi connectivity index (χ1) is 19.6. The lowest BCUT2D eigenvalue weighted by Crippen LogP contribution is -2.44. The monoisotopic (exact) mass is 561 g/mol. The van der Waals surface area contributed by atoms with Crippen molar-refractivity contribution in [3.05, 3.63) is 83.6 Å². The maximum atomic E-state index is 13.1. The quantitative estimate of drug-likeness (QED) is 0.422. The van der Waals surface area contributed by atoms with Crippen molar-refractivity contribution in [2.45, 2.75) is 20.0 Å². The van der Waals surface area contributed by atoms with Crippen LogP contribution in [0.25, 0.3) is 11.1 Å². The topological polar surface area (TPSA) is 70.6 Å². The Morgan fingerprint density at radius 3 is 2.59 bits per heavy atom. The number of nitrogens with zero attached hydrogens (tertiary/aromatic N) is 4. The van der Waals surface area contributed by atoms with Gasteiger partial charge in [0.1, 0.15) is 11.4 Å². The molecule has 5 rings (SSSR count). The third-order valence-electron chi connectivity index (χ3n) is 7.15. The Kier molecular flexibility index (Phi) is 7.99. The van der Waals surface area contributed by atoms with E-state index in [0.717, 1.165) is 53.4 Å². The number of nitrogens with one attached hydrogen (secondary N) is 1. The van der Waals surface area contributed by atoms with Gasteiger partial charge in [-0.3, -0.25) is 9.78 Å². The highest BCUT2D eigenvalue weighted by molar-refractivity contribution is 6.04. The first-order valence-corrected chi connectivity index (χ1v) is 13.3. The number of likely N-dealkylation sites (tertiary alicyclic amines) is 1. The number of amides is 1. The van der Waals surface area contributed by atoms with Gasteiger partial charge in [0.15, 0.2) is 0 Å². The number of allylic oxidation sites excluding steroid dienone is 1. The Hall–Kier alpha value is -4.36. The molecule has 1 N–H and O–H groups in total. The number of pyridine rings is 2. The van der Waals surface area contributed by atoms with Gasteiger partial charge >= 0.3 is 6.18 Å². The van der Waals surface area contributed by atoms with Crippen molar-refractivity contribution in [3.63, 3.8) is 0 Å². The predicted molar refractivity (Wildman–Crippen MR) is 151 cm³/mol. The fourth-order valence-electron chi connectivity index (χ4n) is 4.73. The van der Waals surface area contributed by atoms with Crippen LogP contribution in [-0.2, 0) is 10.9 Å². The van der Waals surface area contributed by atoms with Crippen molar-refractivity contribution in [1.29, 1.82) is 0 Å². The molecule has 1 aromatic carbocycles. The number of carbonyl (C=O) groups excluding carboxylic acids is 1. The molecule has 4 heterocycles. The smallest absolute Gasteiger partial charge is 0.378 e. The molecular weight excluding hydrogens is 531 g/mol. The SMILES string of the molecule is C=C(C)N1CC(C#Cc2ncc(-c3cc(NC(=O)c4ccnc(C(F)(F)F)c4)ccc3C)cc2N2CCOCC2)C1. The standard InChI is InChI=1S/C31H30F3N5O2/c1-20(2)39-18-22(19-39)5-7-27-28(38-10-12-41-13-11-38)14-24(17-36-27)26-16-25(6-4-21(26)3)37-30(40)23-8-9-35-29(15-23)31(32,33)34/h4,6,8-9,14-17,22H,1,10-13,18-19H2,2-3H3,(H,37,40). The predicted octanol–water partition coefficient (Wildman–Crippen LogP) is 5.38. The van der Waals surface area contributed by atoms with Crippen LogP contribution in [0.5, 0.6) is 0 Å². The van der Waals surface area contributed by atoms with Crippen LogP contribution in [0, 0.1) is 24.7 Å². The van der Waals surface area contributed by atoms with Crippen molar-refractivity contribution in [2.24, 2.45) is 5.92 Å². The molecule has 2 aliphatic heterocycles. The van der Waals surface area contributed by atoms with Crippen molar-refractivity contribution >= 4 is 17.3 Å². The van der Waals surface area contributed by atoms with Crippen LogP contribution in [0.4, 0.5) is 24.5 Å². The second-order valence-corrected chi connectivity index (χ2v) is 10.2. The Morgan fingerprint density at radius 2 is 1.88 bits per heavy atom. The number of rotatable bonds is 5. The zero-order valence-electron chi connectivity index (χ0n) is 22.9. The third kappa shape index (κ3) is 6.52. The largest absolute Gasteiger partial charge is 0.433 e. The van der Waals surface area contributed by atoms with Crippen LogP contribution in [0.15, 0.2) is 61.1 Å². The van der Waals surface area contributed by atoms with Crippen LogP contribution in [0.3, 0.4) is 0 Å². The number of halogens is 3. The summed E-state index contributed by atoms with van der Waals surface area (Å²) >= 11 is 0. The average molecular weight is 562 g/mol. The van der Waals surface area contributed by atoms with E-state index in [4.69, 9.17) is 9.72 Å². The molecule has 2 saturated heterocycles. The Balaban J connectivity index is 1.42. The van der Waals surface area contributed by atoms with Gasteiger partial charge in [0.2, 0.25) is 0 Å². The number of ether oxygens (including phenoxy) is 1. The minimum Gasteiger partial charge on any atom is -0.378 e.